The number of alkyl halides is 3. The SMILES string of the molecule is Cc1ccnc(-n2nc(-c3ccc(Oc4ccnc(N)c4Cl)c(F)c3)c(C(N)=O)c2C(F)(F)F)c1. The lowest BCUT2D eigenvalue weighted by atomic mass is 10.0. The summed E-state index contributed by atoms with van der Waals surface area (Å²) in [4.78, 5) is 19.8. The molecule has 0 aliphatic rings. The molecule has 8 nitrogen and oxygen atoms in total. The van der Waals surface area contributed by atoms with Gasteiger partial charge in [-0.15, -0.1) is 0 Å². The van der Waals surface area contributed by atoms with E-state index in [0.29, 0.717) is 10.2 Å². The summed E-state index contributed by atoms with van der Waals surface area (Å²) in [6.07, 6.45) is -2.44. The van der Waals surface area contributed by atoms with Gasteiger partial charge in [0.25, 0.3) is 5.91 Å². The minimum absolute atomic E-state index is 0.0119. The van der Waals surface area contributed by atoms with Crippen molar-refractivity contribution < 1.29 is 27.1 Å². The van der Waals surface area contributed by atoms with E-state index in [0.717, 1.165) is 12.1 Å². The van der Waals surface area contributed by atoms with Gasteiger partial charge in [0.15, 0.2) is 28.8 Å². The van der Waals surface area contributed by atoms with Crippen LogP contribution in [0.2, 0.25) is 5.02 Å². The summed E-state index contributed by atoms with van der Waals surface area (Å²) in [6, 6.07) is 7.49. The average molecular weight is 507 g/mol. The van der Waals surface area contributed by atoms with Crippen LogP contribution < -0.4 is 16.2 Å². The van der Waals surface area contributed by atoms with Crippen molar-refractivity contribution >= 4 is 23.3 Å². The number of nitrogen functional groups attached to an aromatic ring is 1. The second-order valence-electron chi connectivity index (χ2n) is 7.29. The number of hydrogen-bond acceptors (Lipinski definition) is 6. The molecule has 0 saturated heterocycles. The first kappa shape index (κ1) is 24.0. The first-order chi connectivity index (χ1) is 16.5. The summed E-state index contributed by atoms with van der Waals surface area (Å²) in [5.41, 5.74) is 8.51. The molecule has 180 valence electrons. The van der Waals surface area contributed by atoms with Crippen molar-refractivity contribution in [1.82, 2.24) is 19.7 Å². The molecule has 0 spiro atoms. The van der Waals surface area contributed by atoms with E-state index in [1.54, 1.807) is 13.0 Å². The van der Waals surface area contributed by atoms with E-state index in [-0.39, 0.29) is 33.7 Å². The van der Waals surface area contributed by atoms with Crippen molar-refractivity contribution in [2.24, 2.45) is 5.73 Å². The van der Waals surface area contributed by atoms with Crippen molar-refractivity contribution in [3.05, 3.63) is 76.5 Å². The Bertz CT molecular complexity index is 1450. The predicted octanol–water partition coefficient (Wildman–Crippen LogP) is 4.92. The summed E-state index contributed by atoms with van der Waals surface area (Å²) in [7, 11) is 0. The third-order valence-electron chi connectivity index (χ3n) is 4.82. The number of carbonyl (C=O) groups is 1. The van der Waals surface area contributed by atoms with Gasteiger partial charge in [0, 0.05) is 24.0 Å². The maximum atomic E-state index is 14.9. The van der Waals surface area contributed by atoms with Crippen LogP contribution in [0.15, 0.2) is 48.8 Å². The Kier molecular flexibility index (Phi) is 6.07. The molecule has 0 atom stereocenters. The molecule has 3 heterocycles. The molecule has 0 saturated carbocycles. The first-order valence-electron chi connectivity index (χ1n) is 9.78. The Morgan fingerprint density at radius 2 is 1.80 bits per heavy atom. The van der Waals surface area contributed by atoms with Crippen LogP contribution in [-0.4, -0.2) is 25.7 Å². The summed E-state index contributed by atoms with van der Waals surface area (Å²) in [6.45, 7) is 1.65. The fourth-order valence-corrected chi connectivity index (χ4v) is 3.44. The summed E-state index contributed by atoms with van der Waals surface area (Å²) >= 11 is 6.00. The quantitative estimate of drug-likeness (QED) is 0.370. The van der Waals surface area contributed by atoms with Crippen LogP contribution in [0.1, 0.15) is 21.6 Å². The van der Waals surface area contributed by atoms with E-state index in [1.807, 2.05) is 0 Å². The number of hydrogen-bond donors (Lipinski definition) is 2. The molecule has 0 aliphatic heterocycles. The van der Waals surface area contributed by atoms with Crippen molar-refractivity contribution in [3.63, 3.8) is 0 Å². The highest BCUT2D eigenvalue weighted by Crippen LogP contribution is 2.39. The molecule has 35 heavy (non-hydrogen) atoms. The van der Waals surface area contributed by atoms with Crippen LogP contribution in [0, 0.1) is 12.7 Å². The fourth-order valence-electron chi connectivity index (χ4n) is 3.29. The standard InChI is InChI=1S/C22H15ClF4N6O2/c1-10-4-6-30-15(8-10)33-19(22(25,26)27)16(21(29)34)18(32-33)11-2-3-13(12(24)9-11)35-14-5-7-31-20(28)17(14)23/h2-9H,1H3,(H2,28,31)(H2,29,34). The lowest BCUT2D eigenvalue weighted by molar-refractivity contribution is -0.143. The van der Waals surface area contributed by atoms with E-state index in [9.17, 15) is 22.4 Å². The lowest BCUT2D eigenvalue weighted by Crippen LogP contribution is -2.21. The largest absolute Gasteiger partial charge is 0.453 e. The number of benzene rings is 1. The average Bonchev–Trinajstić information content (AvgIpc) is 3.20. The number of aryl methyl sites for hydroxylation is 1. The first-order valence-corrected chi connectivity index (χ1v) is 10.2. The number of halogens is 5. The van der Waals surface area contributed by atoms with Gasteiger partial charge in [0.2, 0.25) is 0 Å². The van der Waals surface area contributed by atoms with Crippen LogP contribution >= 0.6 is 11.6 Å². The highest BCUT2D eigenvalue weighted by molar-refractivity contribution is 6.34. The Morgan fingerprint density at radius 1 is 1.09 bits per heavy atom. The van der Waals surface area contributed by atoms with Gasteiger partial charge in [-0.25, -0.2) is 19.0 Å². The molecule has 1 aromatic carbocycles. The van der Waals surface area contributed by atoms with Gasteiger partial charge in [-0.3, -0.25) is 4.79 Å². The minimum atomic E-state index is -5.03. The van der Waals surface area contributed by atoms with E-state index >= 15 is 0 Å². The number of ether oxygens (including phenoxy) is 1. The Balaban J connectivity index is 1.86. The predicted molar refractivity (Wildman–Crippen MR) is 119 cm³/mol. The number of anilines is 1. The number of nitrogens with two attached hydrogens (primary N) is 2. The smallest absolute Gasteiger partial charge is 0.434 e. The molecular formula is C22H15ClF4N6O2. The van der Waals surface area contributed by atoms with E-state index in [1.165, 1.54) is 30.6 Å². The second kappa shape index (κ2) is 8.87. The number of carbonyl (C=O) groups excluding carboxylic acids is 1. The van der Waals surface area contributed by atoms with Gasteiger partial charge in [-0.1, -0.05) is 11.6 Å². The maximum absolute atomic E-state index is 14.9. The zero-order valence-corrected chi connectivity index (χ0v) is 18.5. The molecule has 13 heteroatoms. The summed E-state index contributed by atoms with van der Waals surface area (Å²) in [5, 5.41) is 3.89. The van der Waals surface area contributed by atoms with Crippen LogP contribution in [0.3, 0.4) is 0 Å². The molecule has 0 aliphatic carbocycles. The summed E-state index contributed by atoms with van der Waals surface area (Å²) in [5.74, 6) is -2.90. The van der Waals surface area contributed by atoms with Gasteiger partial charge in [0.1, 0.15) is 16.5 Å². The number of pyridine rings is 2. The highest BCUT2D eigenvalue weighted by atomic mass is 35.5. The van der Waals surface area contributed by atoms with E-state index in [4.69, 9.17) is 27.8 Å². The number of rotatable bonds is 5. The molecular weight excluding hydrogens is 492 g/mol. The third kappa shape index (κ3) is 4.60. The minimum Gasteiger partial charge on any atom is -0.453 e. The third-order valence-corrected chi connectivity index (χ3v) is 5.20. The normalized spacial score (nSPS) is 11.5. The molecule has 4 aromatic rings. The zero-order valence-electron chi connectivity index (χ0n) is 17.8. The van der Waals surface area contributed by atoms with Crippen molar-refractivity contribution in [2.75, 3.05) is 5.73 Å². The Morgan fingerprint density at radius 3 is 2.43 bits per heavy atom. The van der Waals surface area contributed by atoms with Crippen LogP contribution in [0.5, 0.6) is 11.5 Å². The Hall–Kier alpha value is -4.19. The topological polar surface area (TPSA) is 122 Å². The van der Waals surface area contributed by atoms with Gasteiger partial charge >= 0.3 is 6.18 Å². The second-order valence-corrected chi connectivity index (χ2v) is 7.67. The fraction of sp³-hybridized carbons (Fsp3) is 0.0909. The van der Waals surface area contributed by atoms with Crippen LogP contribution in [0.25, 0.3) is 17.1 Å². The van der Waals surface area contributed by atoms with Gasteiger partial charge < -0.3 is 16.2 Å². The molecule has 0 unspecified atom stereocenters. The molecule has 0 radical (unpaired) electrons. The van der Waals surface area contributed by atoms with E-state index < -0.39 is 34.9 Å². The van der Waals surface area contributed by atoms with Gasteiger partial charge in [0.05, 0.1) is 5.56 Å². The molecule has 3 aromatic heterocycles. The maximum Gasteiger partial charge on any atom is 0.434 e. The number of aromatic nitrogens is 4. The highest BCUT2D eigenvalue weighted by Gasteiger charge is 2.42. The van der Waals surface area contributed by atoms with Gasteiger partial charge in [-0.2, -0.15) is 18.3 Å². The van der Waals surface area contributed by atoms with Crippen molar-refractivity contribution in [3.8, 4) is 28.6 Å². The number of nitrogens with zero attached hydrogens (tertiary/aromatic N) is 4. The molecule has 4 N–H and O–H groups in total. The molecule has 4 rings (SSSR count). The molecule has 0 bridgehead atoms. The van der Waals surface area contributed by atoms with E-state index in [2.05, 4.69) is 15.1 Å². The van der Waals surface area contributed by atoms with Crippen molar-refractivity contribution in [2.45, 2.75) is 13.1 Å². The monoisotopic (exact) mass is 506 g/mol. The van der Waals surface area contributed by atoms with Crippen LogP contribution in [-0.2, 0) is 6.18 Å². The van der Waals surface area contributed by atoms with Crippen molar-refractivity contribution in [1.29, 1.82) is 0 Å². The molecule has 0 fully saturated rings. The Labute approximate surface area is 200 Å². The van der Waals surface area contributed by atoms with Crippen LogP contribution in [0.4, 0.5) is 23.4 Å². The van der Waals surface area contributed by atoms with Gasteiger partial charge in [-0.05, 0) is 42.8 Å². The zero-order chi connectivity index (χ0) is 25.5. The summed E-state index contributed by atoms with van der Waals surface area (Å²) < 4.78 is 62.9. The number of amides is 1. The lowest BCUT2D eigenvalue weighted by Gasteiger charge is -2.11. The molecule has 1 amide bonds. The number of primary amides is 1.